The minimum Gasteiger partial charge on any atom is -0.423 e. The first-order valence-corrected chi connectivity index (χ1v) is 10.7. The second-order valence-electron chi connectivity index (χ2n) is 7.27. The Morgan fingerprint density at radius 3 is 2.39 bits per heavy atom. The Labute approximate surface area is 166 Å². The molecule has 6 nitrogen and oxygen atoms in total. The Balaban J connectivity index is 1.84. The summed E-state index contributed by atoms with van der Waals surface area (Å²) in [5.74, 6) is -0.132. The van der Waals surface area contributed by atoms with Crippen LogP contribution in [0, 0.1) is 13.8 Å². The Bertz CT molecular complexity index is 976. The minimum absolute atomic E-state index is 0.0730. The summed E-state index contributed by atoms with van der Waals surface area (Å²) in [5, 5.41) is 0. The number of carbonyl (C=O) groups excluding carboxylic acids is 1. The molecule has 0 amide bonds. The van der Waals surface area contributed by atoms with Crippen LogP contribution in [0.15, 0.2) is 47.4 Å². The van der Waals surface area contributed by atoms with Gasteiger partial charge in [-0.2, -0.15) is 4.31 Å². The monoisotopic (exact) mass is 403 g/mol. The quantitative estimate of drug-likeness (QED) is 0.578. The van der Waals surface area contributed by atoms with Gasteiger partial charge in [0.05, 0.1) is 22.7 Å². The standard InChI is InChI=1S/C21H25NO5S/c1-14-8-9-20(15(2)10-14)27-21(23)18-6-5-7-19(11-18)28(24,25)22-12-16(3)26-17(4)13-22/h5-11,16-17H,12-13H2,1-4H3. The normalized spacial score (nSPS) is 20.7. The van der Waals surface area contributed by atoms with Gasteiger partial charge in [-0.3, -0.25) is 0 Å². The fraction of sp³-hybridized carbons (Fsp3) is 0.381. The Hall–Kier alpha value is -2.22. The number of ether oxygens (including phenoxy) is 2. The summed E-state index contributed by atoms with van der Waals surface area (Å²) >= 11 is 0. The van der Waals surface area contributed by atoms with E-state index in [4.69, 9.17) is 9.47 Å². The van der Waals surface area contributed by atoms with Crippen LogP contribution in [-0.4, -0.2) is 44.0 Å². The van der Waals surface area contributed by atoms with Crippen LogP contribution in [0.2, 0.25) is 0 Å². The number of rotatable bonds is 4. The summed E-state index contributed by atoms with van der Waals surface area (Å²) in [5.41, 5.74) is 2.10. The van der Waals surface area contributed by atoms with Crippen LogP contribution in [0.3, 0.4) is 0 Å². The van der Waals surface area contributed by atoms with Crippen molar-refractivity contribution in [1.82, 2.24) is 4.31 Å². The zero-order valence-corrected chi connectivity index (χ0v) is 17.3. The zero-order chi connectivity index (χ0) is 20.5. The SMILES string of the molecule is Cc1ccc(OC(=O)c2cccc(S(=O)(=O)N3CC(C)OC(C)C3)c2)c(C)c1. The third-order valence-corrected chi connectivity index (χ3v) is 6.45. The number of sulfonamides is 1. The molecule has 2 atom stereocenters. The van der Waals surface area contributed by atoms with Gasteiger partial charge in [0.15, 0.2) is 0 Å². The molecule has 150 valence electrons. The van der Waals surface area contributed by atoms with Gasteiger partial charge in [-0.25, -0.2) is 13.2 Å². The van der Waals surface area contributed by atoms with Crippen molar-refractivity contribution < 1.29 is 22.7 Å². The lowest BCUT2D eigenvalue weighted by molar-refractivity contribution is -0.0440. The fourth-order valence-electron chi connectivity index (χ4n) is 3.33. The summed E-state index contributed by atoms with van der Waals surface area (Å²) in [6, 6.07) is 11.5. The molecule has 0 spiro atoms. The Kier molecular flexibility index (Phi) is 5.88. The van der Waals surface area contributed by atoms with Crippen molar-refractivity contribution in [3.63, 3.8) is 0 Å². The smallest absolute Gasteiger partial charge is 0.343 e. The topological polar surface area (TPSA) is 72.9 Å². The van der Waals surface area contributed by atoms with Crippen LogP contribution in [0.5, 0.6) is 5.75 Å². The third kappa shape index (κ3) is 4.43. The number of esters is 1. The molecule has 0 radical (unpaired) electrons. The molecule has 1 aliphatic rings. The van der Waals surface area contributed by atoms with Gasteiger partial charge in [0.1, 0.15) is 5.75 Å². The molecule has 0 saturated carbocycles. The van der Waals surface area contributed by atoms with Gasteiger partial charge in [0, 0.05) is 13.1 Å². The molecule has 1 saturated heterocycles. The largest absolute Gasteiger partial charge is 0.423 e. The summed E-state index contributed by atoms with van der Waals surface area (Å²) < 4.78 is 38.5. The molecule has 0 aliphatic carbocycles. The lowest BCUT2D eigenvalue weighted by Crippen LogP contribution is -2.48. The maximum absolute atomic E-state index is 13.0. The van der Waals surface area contributed by atoms with Crippen LogP contribution in [0.4, 0.5) is 0 Å². The maximum Gasteiger partial charge on any atom is 0.343 e. The van der Waals surface area contributed by atoms with E-state index in [1.54, 1.807) is 18.2 Å². The van der Waals surface area contributed by atoms with Gasteiger partial charge in [0.25, 0.3) is 0 Å². The Morgan fingerprint density at radius 1 is 1.07 bits per heavy atom. The van der Waals surface area contributed by atoms with Crippen LogP contribution >= 0.6 is 0 Å². The minimum atomic E-state index is -3.72. The van der Waals surface area contributed by atoms with Crippen LogP contribution < -0.4 is 4.74 Å². The Morgan fingerprint density at radius 2 is 1.75 bits per heavy atom. The molecule has 1 aliphatic heterocycles. The maximum atomic E-state index is 13.0. The van der Waals surface area contributed by atoms with Gasteiger partial charge in [-0.05, 0) is 57.5 Å². The lowest BCUT2D eigenvalue weighted by atomic mass is 10.1. The summed E-state index contributed by atoms with van der Waals surface area (Å²) in [6.07, 6.45) is -0.368. The van der Waals surface area contributed by atoms with E-state index < -0.39 is 16.0 Å². The second kappa shape index (κ2) is 8.03. The van der Waals surface area contributed by atoms with Crippen LogP contribution in [0.1, 0.15) is 35.3 Å². The number of hydrogen-bond donors (Lipinski definition) is 0. The molecule has 1 heterocycles. The molecule has 1 fully saturated rings. The molecule has 2 aromatic carbocycles. The molecule has 2 unspecified atom stereocenters. The molecule has 0 bridgehead atoms. The first kappa shape index (κ1) is 20.5. The van der Waals surface area contributed by atoms with E-state index >= 15 is 0 Å². The molecule has 7 heteroatoms. The van der Waals surface area contributed by atoms with E-state index in [1.807, 2.05) is 39.8 Å². The highest BCUT2D eigenvalue weighted by Gasteiger charge is 2.32. The van der Waals surface area contributed by atoms with Crippen molar-refractivity contribution in [3.8, 4) is 5.75 Å². The summed E-state index contributed by atoms with van der Waals surface area (Å²) in [6.45, 7) is 8.07. The van der Waals surface area contributed by atoms with E-state index in [1.165, 1.54) is 16.4 Å². The number of hydrogen-bond acceptors (Lipinski definition) is 5. The van der Waals surface area contributed by atoms with Gasteiger partial charge in [-0.15, -0.1) is 0 Å². The zero-order valence-electron chi connectivity index (χ0n) is 16.5. The van der Waals surface area contributed by atoms with Crippen LogP contribution in [0.25, 0.3) is 0 Å². The molecule has 3 rings (SSSR count). The molecule has 0 aromatic heterocycles. The van der Waals surface area contributed by atoms with Crippen molar-refractivity contribution in [1.29, 1.82) is 0 Å². The average molecular weight is 404 g/mol. The van der Waals surface area contributed by atoms with E-state index in [-0.39, 0.29) is 35.8 Å². The van der Waals surface area contributed by atoms with Crippen molar-refractivity contribution in [2.75, 3.05) is 13.1 Å². The predicted octanol–water partition coefficient (Wildman–Crippen LogP) is 3.32. The molecule has 0 N–H and O–H groups in total. The molecule has 28 heavy (non-hydrogen) atoms. The van der Waals surface area contributed by atoms with Crippen molar-refractivity contribution in [3.05, 3.63) is 59.2 Å². The predicted molar refractivity (Wildman–Crippen MR) is 106 cm³/mol. The van der Waals surface area contributed by atoms with Crippen molar-refractivity contribution >= 4 is 16.0 Å². The lowest BCUT2D eigenvalue weighted by Gasteiger charge is -2.34. The van der Waals surface area contributed by atoms with Gasteiger partial charge >= 0.3 is 5.97 Å². The molecular formula is C21H25NO5S. The van der Waals surface area contributed by atoms with Crippen molar-refractivity contribution in [2.45, 2.75) is 44.8 Å². The fourth-order valence-corrected chi connectivity index (χ4v) is 4.97. The van der Waals surface area contributed by atoms with Crippen LogP contribution in [-0.2, 0) is 14.8 Å². The number of carbonyl (C=O) groups is 1. The van der Waals surface area contributed by atoms with E-state index in [0.717, 1.165) is 11.1 Å². The van der Waals surface area contributed by atoms with E-state index in [2.05, 4.69) is 0 Å². The highest BCUT2D eigenvalue weighted by molar-refractivity contribution is 7.89. The van der Waals surface area contributed by atoms with Gasteiger partial charge < -0.3 is 9.47 Å². The molecular weight excluding hydrogens is 378 g/mol. The first-order valence-electron chi connectivity index (χ1n) is 9.22. The number of morpholine rings is 1. The van der Waals surface area contributed by atoms with Crippen molar-refractivity contribution in [2.24, 2.45) is 0 Å². The van der Waals surface area contributed by atoms with Gasteiger partial charge in [0.2, 0.25) is 10.0 Å². The second-order valence-corrected chi connectivity index (χ2v) is 9.20. The average Bonchev–Trinajstić information content (AvgIpc) is 2.63. The van der Waals surface area contributed by atoms with E-state index in [9.17, 15) is 13.2 Å². The van der Waals surface area contributed by atoms with Gasteiger partial charge in [-0.1, -0.05) is 23.8 Å². The summed E-state index contributed by atoms with van der Waals surface area (Å²) in [7, 11) is -3.72. The highest BCUT2D eigenvalue weighted by atomic mass is 32.2. The third-order valence-electron chi connectivity index (χ3n) is 4.63. The van der Waals surface area contributed by atoms with E-state index in [0.29, 0.717) is 5.75 Å². The number of aryl methyl sites for hydroxylation is 2. The number of benzene rings is 2. The molecule has 2 aromatic rings. The number of nitrogens with zero attached hydrogens (tertiary/aromatic N) is 1. The first-order chi connectivity index (χ1) is 13.2. The highest BCUT2D eigenvalue weighted by Crippen LogP contribution is 2.24. The summed E-state index contributed by atoms with van der Waals surface area (Å²) in [4.78, 5) is 12.6.